The lowest BCUT2D eigenvalue weighted by atomic mass is 10.1. The van der Waals surface area contributed by atoms with Gasteiger partial charge in [-0.05, 0) is 36.6 Å². The maximum absolute atomic E-state index is 11.3. The molecule has 0 fully saturated rings. The SMILES string of the molecule is CCCOc1ccc(S(N)(=O)=O)c(CCO)c1. The van der Waals surface area contributed by atoms with E-state index < -0.39 is 10.0 Å². The van der Waals surface area contributed by atoms with Gasteiger partial charge in [0.15, 0.2) is 0 Å². The second-order valence-corrected chi connectivity index (χ2v) is 5.17. The number of primary sulfonamides is 1. The second-order valence-electron chi connectivity index (χ2n) is 3.64. The van der Waals surface area contributed by atoms with Crippen molar-refractivity contribution < 1.29 is 18.3 Å². The van der Waals surface area contributed by atoms with Crippen LogP contribution in [0.3, 0.4) is 0 Å². The van der Waals surface area contributed by atoms with Crippen molar-refractivity contribution in [1.82, 2.24) is 0 Å². The van der Waals surface area contributed by atoms with Gasteiger partial charge in [0.05, 0.1) is 11.5 Å². The largest absolute Gasteiger partial charge is 0.494 e. The van der Waals surface area contributed by atoms with E-state index in [9.17, 15) is 8.42 Å². The van der Waals surface area contributed by atoms with Crippen molar-refractivity contribution in [3.8, 4) is 5.75 Å². The lowest BCUT2D eigenvalue weighted by molar-refractivity contribution is 0.297. The molecule has 0 saturated heterocycles. The predicted octanol–water partition coefficient (Wildman–Crippen LogP) is 0.658. The van der Waals surface area contributed by atoms with Crippen LogP contribution in [0.1, 0.15) is 18.9 Å². The monoisotopic (exact) mass is 259 g/mol. The Morgan fingerprint density at radius 2 is 2.12 bits per heavy atom. The lowest BCUT2D eigenvalue weighted by Gasteiger charge is -2.10. The molecule has 0 radical (unpaired) electrons. The Morgan fingerprint density at radius 3 is 2.65 bits per heavy atom. The maximum Gasteiger partial charge on any atom is 0.238 e. The molecule has 0 aliphatic heterocycles. The van der Waals surface area contributed by atoms with Crippen LogP contribution >= 0.6 is 0 Å². The number of aliphatic hydroxyl groups excluding tert-OH is 1. The van der Waals surface area contributed by atoms with Gasteiger partial charge in [-0.3, -0.25) is 0 Å². The van der Waals surface area contributed by atoms with Crippen LogP contribution in [-0.2, 0) is 16.4 Å². The smallest absolute Gasteiger partial charge is 0.238 e. The van der Waals surface area contributed by atoms with Crippen molar-refractivity contribution in [3.05, 3.63) is 23.8 Å². The summed E-state index contributed by atoms with van der Waals surface area (Å²) in [6, 6.07) is 4.58. The van der Waals surface area contributed by atoms with E-state index in [2.05, 4.69) is 0 Å². The number of rotatable bonds is 6. The molecular formula is C11H17NO4S. The first-order chi connectivity index (χ1) is 7.99. The highest BCUT2D eigenvalue weighted by atomic mass is 32.2. The van der Waals surface area contributed by atoms with Gasteiger partial charge in [0, 0.05) is 6.61 Å². The summed E-state index contributed by atoms with van der Waals surface area (Å²) in [5.41, 5.74) is 0.476. The Hall–Kier alpha value is -1.11. The number of aliphatic hydroxyl groups is 1. The summed E-state index contributed by atoms with van der Waals surface area (Å²) in [5, 5.41) is 14.0. The van der Waals surface area contributed by atoms with E-state index in [1.807, 2.05) is 6.92 Å². The summed E-state index contributed by atoms with van der Waals surface area (Å²) in [6.07, 6.45) is 1.10. The molecule has 1 aromatic rings. The lowest BCUT2D eigenvalue weighted by Crippen LogP contribution is -2.15. The quantitative estimate of drug-likeness (QED) is 0.785. The summed E-state index contributed by atoms with van der Waals surface area (Å²) in [6.45, 7) is 2.40. The van der Waals surface area contributed by atoms with Crippen molar-refractivity contribution in [1.29, 1.82) is 0 Å². The van der Waals surface area contributed by atoms with Gasteiger partial charge >= 0.3 is 0 Å². The molecule has 0 spiro atoms. The van der Waals surface area contributed by atoms with Gasteiger partial charge in [-0.25, -0.2) is 13.6 Å². The van der Waals surface area contributed by atoms with Crippen LogP contribution < -0.4 is 9.88 Å². The first-order valence-corrected chi connectivity index (χ1v) is 6.93. The van der Waals surface area contributed by atoms with E-state index >= 15 is 0 Å². The van der Waals surface area contributed by atoms with Crippen LogP contribution in [0.4, 0.5) is 0 Å². The van der Waals surface area contributed by atoms with Gasteiger partial charge in [-0.2, -0.15) is 0 Å². The first-order valence-electron chi connectivity index (χ1n) is 5.38. The zero-order valence-corrected chi connectivity index (χ0v) is 10.5. The Balaban J connectivity index is 3.08. The molecule has 5 nitrogen and oxygen atoms in total. The van der Waals surface area contributed by atoms with Gasteiger partial charge in [0.25, 0.3) is 0 Å². The fourth-order valence-electron chi connectivity index (χ4n) is 1.46. The number of ether oxygens (including phenoxy) is 1. The summed E-state index contributed by atoms with van der Waals surface area (Å²) >= 11 is 0. The second kappa shape index (κ2) is 6.00. The Labute approximate surface area is 101 Å². The molecule has 0 unspecified atom stereocenters. The third-order valence-corrected chi connectivity index (χ3v) is 3.20. The third-order valence-electron chi connectivity index (χ3n) is 2.19. The van der Waals surface area contributed by atoms with Crippen LogP contribution in [-0.4, -0.2) is 26.7 Å². The minimum atomic E-state index is -3.76. The highest BCUT2D eigenvalue weighted by molar-refractivity contribution is 7.89. The minimum absolute atomic E-state index is 0.0374. The van der Waals surface area contributed by atoms with Gasteiger partial charge in [-0.1, -0.05) is 6.92 Å². The molecule has 1 aromatic carbocycles. The molecule has 0 heterocycles. The molecule has 17 heavy (non-hydrogen) atoms. The third kappa shape index (κ3) is 3.99. The van der Waals surface area contributed by atoms with Crippen LogP contribution in [0.15, 0.2) is 23.1 Å². The molecule has 96 valence electrons. The summed E-state index contributed by atoms with van der Waals surface area (Å²) in [4.78, 5) is 0.0374. The summed E-state index contributed by atoms with van der Waals surface area (Å²) < 4.78 is 28.0. The summed E-state index contributed by atoms with van der Waals surface area (Å²) in [7, 11) is -3.76. The molecule has 1 rings (SSSR count). The Bertz CT molecular complexity index is 470. The number of nitrogens with two attached hydrogens (primary N) is 1. The first kappa shape index (κ1) is 14.0. The van der Waals surface area contributed by atoms with Crippen molar-refractivity contribution in [2.75, 3.05) is 13.2 Å². The fourth-order valence-corrected chi connectivity index (χ4v) is 2.24. The zero-order chi connectivity index (χ0) is 12.9. The molecule has 3 N–H and O–H groups in total. The standard InChI is InChI=1S/C11H17NO4S/c1-2-7-16-10-3-4-11(17(12,14)15)9(8-10)5-6-13/h3-4,8,13H,2,5-7H2,1H3,(H2,12,14,15). The van der Waals surface area contributed by atoms with E-state index in [-0.39, 0.29) is 17.9 Å². The molecule has 0 aromatic heterocycles. The van der Waals surface area contributed by atoms with E-state index in [1.165, 1.54) is 6.07 Å². The molecule has 0 saturated carbocycles. The Kier molecular flexibility index (Phi) is 4.92. The zero-order valence-electron chi connectivity index (χ0n) is 9.72. The molecule has 6 heteroatoms. The van der Waals surface area contributed by atoms with E-state index in [1.54, 1.807) is 12.1 Å². The highest BCUT2D eigenvalue weighted by Gasteiger charge is 2.14. The fraction of sp³-hybridized carbons (Fsp3) is 0.455. The highest BCUT2D eigenvalue weighted by Crippen LogP contribution is 2.21. The van der Waals surface area contributed by atoms with E-state index in [4.69, 9.17) is 15.0 Å². The van der Waals surface area contributed by atoms with Crippen LogP contribution in [0, 0.1) is 0 Å². The van der Waals surface area contributed by atoms with Crippen molar-refractivity contribution in [2.24, 2.45) is 5.14 Å². The van der Waals surface area contributed by atoms with Gasteiger partial charge in [0.2, 0.25) is 10.0 Å². The van der Waals surface area contributed by atoms with Crippen LogP contribution in [0.2, 0.25) is 0 Å². The number of sulfonamides is 1. The van der Waals surface area contributed by atoms with E-state index in [0.717, 1.165) is 6.42 Å². The maximum atomic E-state index is 11.3. The molecular weight excluding hydrogens is 242 g/mol. The van der Waals surface area contributed by atoms with Crippen molar-refractivity contribution in [2.45, 2.75) is 24.7 Å². The predicted molar refractivity (Wildman–Crippen MR) is 64.4 cm³/mol. The summed E-state index contributed by atoms with van der Waals surface area (Å²) in [5.74, 6) is 0.586. The average Bonchev–Trinajstić information content (AvgIpc) is 2.25. The number of benzene rings is 1. The average molecular weight is 259 g/mol. The van der Waals surface area contributed by atoms with Gasteiger partial charge < -0.3 is 9.84 Å². The van der Waals surface area contributed by atoms with Gasteiger partial charge in [0.1, 0.15) is 5.75 Å². The molecule has 0 atom stereocenters. The number of hydrogen-bond acceptors (Lipinski definition) is 4. The Morgan fingerprint density at radius 1 is 1.41 bits per heavy atom. The van der Waals surface area contributed by atoms with Gasteiger partial charge in [-0.15, -0.1) is 0 Å². The minimum Gasteiger partial charge on any atom is -0.494 e. The number of hydrogen-bond donors (Lipinski definition) is 2. The van der Waals surface area contributed by atoms with E-state index in [0.29, 0.717) is 17.9 Å². The molecule has 0 amide bonds. The molecule has 0 aliphatic carbocycles. The normalized spacial score (nSPS) is 11.5. The van der Waals surface area contributed by atoms with Crippen LogP contribution in [0.25, 0.3) is 0 Å². The van der Waals surface area contributed by atoms with Crippen LogP contribution in [0.5, 0.6) is 5.75 Å². The molecule has 0 aliphatic rings. The van der Waals surface area contributed by atoms with Crippen molar-refractivity contribution in [3.63, 3.8) is 0 Å². The molecule has 0 bridgehead atoms. The topological polar surface area (TPSA) is 89.6 Å². The van der Waals surface area contributed by atoms with Crippen molar-refractivity contribution >= 4 is 10.0 Å².